The average molecular weight is 207 g/mol. The molecule has 0 aliphatic heterocycles. The second kappa shape index (κ2) is 8.66. The Morgan fingerprint density at radius 2 is 2.00 bits per heavy atom. The highest BCUT2D eigenvalue weighted by atomic mass is 32.2. The molecule has 0 amide bonds. The molecule has 1 atom stereocenters. The first-order chi connectivity index (χ1) is 6.16. The van der Waals surface area contributed by atoms with Crippen LogP contribution in [0, 0.1) is 5.92 Å². The van der Waals surface area contributed by atoms with E-state index in [1.807, 2.05) is 0 Å². The molecule has 1 aliphatic carbocycles. The van der Waals surface area contributed by atoms with E-state index in [0.717, 1.165) is 5.92 Å². The van der Waals surface area contributed by atoms with E-state index in [-0.39, 0.29) is 0 Å². The van der Waals surface area contributed by atoms with E-state index < -0.39 is 11.4 Å². The van der Waals surface area contributed by atoms with Crippen LogP contribution in [-0.2, 0) is 11.4 Å². The molecule has 3 nitrogen and oxygen atoms in total. The Bertz CT molecular complexity index is 131. The predicted molar refractivity (Wildman–Crippen MR) is 53.0 cm³/mol. The van der Waals surface area contributed by atoms with Gasteiger partial charge in [0.15, 0.2) is 0 Å². The van der Waals surface area contributed by atoms with E-state index >= 15 is 0 Å². The van der Waals surface area contributed by atoms with E-state index in [4.69, 9.17) is 13.3 Å². The van der Waals surface area contributed by atoms with Gasteiger partial charge in [-0.2, -0.15) is 0 Å². The molecule has 0 saturated heterocycles. The van der Waals surface area contributed by atoms with Crippen molar-refractivity contribution in [2.75, 3.05) is 0 Å². The number of unbranched alkanes of at least 4 members (excludes halogenated alkanes) is 2. The Morgan fingerprint density at radius 3 is 2.31 bits per heavy atom. The maximum atomic E-state index is 8.56. The van der Waals surface area contributed by atoms with Gasteiger partial charge < -0.3 is 9.11 Å². The Morgan fingerprint density at radius 1 is 1.46 bits per heavy atom. The minimum Gasteiger partial charge on any atom is -0.750 e. The first-order valence-corrected chi connectivity index (χ1v) is 5.98. The summed E-state index contributed by atoms with van der Waals surface area (Å²) in [7, 11) is 0. The highest BCUT2D eigenvalue weighted by Gasteiger charge is 2.15. The lowest BCUT2D eigenvalue weighted by atomic mass is 9.82. The second-order valence-electron chi connectivity index (χ2n) is 3.51. The van der Waals surface area contributed by atoms with E-state index in [1.54, 1.807) is 0 Å². The fraction of sp³-hybridized carbons (Fsp3) is 1.00. The Hall–Kier alpha value is 0.0700. The summed E-state index contributed by atoms with van der Waals surface area (Å²) in [4.78, 5) is 0. The second-order valence-corrected chi connectivity index (χ2v) is 3.94. The fourth-order valence-corrected chi connectivity index (χ4v) is 1.46. The summed E-state index contributed by atoms with van der Waals surface area (Å²) in [5.41, 5.74) is 0. The molecule has 0 aromatic carbocycles. The van der Waals surface area contributed by atoms with Gasteiger partial charge in [-0.25, -0.2) is 4.21 Å². The van der Waals surface area contributed by atoms with Crippen molar-refractivity contribution in [3.8, 4) is 0 Å². The largest absolute Gasteiger partial charge is 0.750 e. The number of hydrogen-bond donors (Lipinski definition) is 1. The first kappa shape index (κ1) is 13.1. The molecule has 1 rings (SSSR count). The van der Waals surface area contributed by atoms with Crippen LogP contribution in [0.4, 0.5) is 0 Å². The van der Waals surface area contributed by atoms with E-state index in [0.29, 0.717) is 0 Å². The SMILES string of the molecule is CCCCCC1CCC1.O=S([O-])O. The topological polar surface area (TPSA) is 60.4 Å². The van der Waals surface area contributed by atoms with Crippen LogP contribution in [0.3, 0.4) is 0 Å². The number of hydrogen-bond acceptors (Lipinski definition) is 2. The molecule has 1 aliphatic rings. The van der Waals surface area contributed by atoms with Crippen LogP contribution in [0.1, 0.15) is 51.9 Å². The van der Waals surface area contributed by atoms with Crippen molar-refractivity contribution in [1.82, 2.24) is 0 Å². The van der Waals surface area contributed by atoms with Crippen LogP contribution in [0.25, 0.3) is 0 Å². The normalized spacial score (nSPS) is 18.4. The zero-order valence-corrected chi connectivity index (χ0v) is 9.02. The summed E-state index contributed by atoms with van der Waals surface area (Å²) in [6.07, 6.45) is 10.4. The summed E-state index contributed by atoms with van der Waals surface area (Å²) >= 11 is -2.86. The zero-order valence-electron chi connectivity index (χ0n) is 8.20. The minimum absolute atomic E-state index is 1.14. The third-order valence-electron chi connectivity index (χ3n) is 2.44. The molecule has 1 saturated carbocycles. The van der Waals surface area contributed by atoms with Crippen LogP contribution in [-0.4, -0.2) is 13.3 Å². The third-order valence-corrected chi connectivity index (χ3v) is 2.44. The van der Waals surface area contributed by atoms with Crippen LogP contribution in [0.5, 0.6) is 0 Å². The minimum atomic E-state index is -2.86. The fourth-order valence-electron chi connectivity index (χ4n) is 1.46. The van der Waals surface area contributed by atoms with Crippen molar-refractivity contribution < 1.29 is 13.3 Å². The van der Waals surface area contributed by atoms with Gasteiger partial charge in [0.05, 0.1) is 11.4 Å². The highest BCUT2D eigenvalue weighted by molar-refractivity contribution is 7.73. The van der Waals surface area contributed by atoms with Crippen molar-refractivity contribution in [2.45, 2.75) is 51.9 Å². The summed E-state index contributed by atoms with van der Waals surface area (Å²) in [5, 5.41) is 0. The molecular formula is C9H19O3S-. The molecule has 0 spiro atoms. The average Bonchev–Trinajstić information content (AvgIpc) is 1.93. The molecule has 0 radical (unpaired) electrons. The van der Waals surface area contributed by atoms with Crippen LogP contribution < -0.4 is 0 Å². The molecule has 1 N–H and O–H groups in total. The molecule has 0 aromatic rings. The Balaban J connectivity index is 0.000000310. The van der Waals surface area contributed by atoms with Gasteiger partial charge in [-0.3, -0.25) is 0 Å². The van der Waals surface area contributed by atoms with Crippen LogP contribution in [0.2, 0.25) is 0 Å². The quantitative estimate of drug-likeness (QED) is 0.569. The summed E-state index contributed by atoms with van der Waals surface area (Å²) in [6, 6.07) is 0. The van der Waals surface area contributed by atoms with Gasteiger partial charge in [-0.1, -0.05) is 51.9 Å². The highest BCUT2D eigenvalue weighted by Crippen LogP contribution is 2.30. The molecule has 1 unspecified atom stereocenters. The third kappa shape index (κ3) is 9.99. The zero-order chi connectivity index (χ0) is 10.1. The van der Waals surface area contributed by atoms with Gasteiger partial charge in [0.25, 0.3) is 0 Å². The lowest BCUT2D eigenvalue weighted by Gasteiger charge is -2.24. The van der Waals surface area contributed by atoms with Crippen LogP contribution >= 0.6 is 0 Å². The van der Waals surface area contributed by atoms with Gasteiger partial charge in [-0.15, -0.1) is 0 Å². The van der Waals surface area contributed by atoms with Gasteiger partial charge in [0, 0.05) is 0 Å². The lowest BCUT2D eigenvalue weighted by molar-refractivity contribution is 0.287. The smallest absolute Gasteiger partial charge is 0.0814 e. The molecule has 0 bridgehead atoms. The maximum Gasteiger partial charge on any atom is 0.0814 e. The molecule has 0 aromatic heterocycles. The van der Waals surface area contributed by atoms with Crippen molar-refractivity contribution in [3.05, 3.63) is 0 Å². The Labute approximate surface area is 83.0 Å². The maximum absolute atomic E-state index is 8.56. The number of rotatable bonds is 4. The van der Waals surface area contributed by atoms with Gasteiger partial charge in [-0.05, 0) is 5.92 Å². The van der Waals surface area contributed by atoms with Crippen molar-refractivity contribution >= 4 is 11.4 Å². The first-order valence-electron chi connectivity index (χ1n) is 4.95. The standard InChI is InChI=1S/C9H18.H2O3S/c1-2-3-4-6-9-7-5-8-9;1-4(2)3/h9H,2-8H2,1H3;(H2,1,2,3)/p-1. The molecule has 80 valence electrons. The summed E-state index contributed by atoms with van der Waals surface area (Å²) in [5.74, 6) is 1.14. The van der Waals surface area contributed by atoms with Crippen LogP contribution in [0.15, 0.2) is 0 Å². The molecule has 4 heteroatoms. The Kier molecular flexibility index (Phi) is 8.71. The van der Waals surface area contributed by atoms with Crippen molar-refractivity contribution in [2.24, 2.45) is 5.92 Å². The van der Waals surface area contributed by atoms with Crippen molar-refractivity contribution in [1.29, 1.82) is 0 Å². The molecule has 1 fully saturated rings. The van der Waals surface area contributed by atoms with Crippen molar-refractivity contribution in [3.63, 3.8) is 0 Å². The molecule has 13 heavy (non-hydrogen) atoms. The van der Waals surface area contributed by atoms with Gasteiger partial charge in [0.2, 0.25) is 0 Å². The van der Waals surface area contributed by atoms with Gasteiger partial charge >= 0.3 is 0 Å². The van der Waals surface area contributed by atoms with E-state index in [2.05, 4.69) is 6.92 Å². The monoisotopic (exact) mass is 207 g/mol. The lowest BCUT2D eigenvalue weighted by Crippen LogP contribution is -2.10. The predicted octanol–water partition coefficient (Wildman–Crippen LogP) is 2.71. The molecular weight excluding hydrogens is 188 g/mol. The van der Waals surface area contributed by atoms with Gasteiger partial charge in [0.1, 0.15) is 0 Å². The van der Waals surface area contributed by atoms with E-state index in [9.17, 15) is 0 Å². The summed E-state index contributed by atoms with van der Waals surface area (Å²) < 4.78 is 24.1. The summed E-state index contributed by atoms with van der Waals surface area (Å²) in [6.45, 7) is 2.28. The van der Waals surface area contributed by atoms with E-state index in [1.165, 1.54) is 44.9 Å². The molecule has 0 heterocycles.